The van der Waals surface area contributed by atoms with Gasteiger partial charge in [-0.05, 0) is 30.5 Å². The first-order valence-corrected chi connectivity index (χ1v) is 7.72. The van der Waals surface area contributed by atoms with E-state index in [9.17, 15) is 14.7 Å². The van der Waals surface area contributed by atoms with Crippen molar-refractivity contribution < 1.29 is 14.7 Å². The first-order valence-electron chi connectivity index (χ1n) is 7.72. The number of nitrogens with zero attached hydrogens (tertiary/aromatic N) is 1. The molecule has 2 aliphatic heterocycles. The lowest BCUT2D eigenvalue weighted by atomic mass is 10.1. The van der Waals surface area contributed by atoms with Crippen molar-refractivity contribution in [1.82, 2.24) is 10.6 Å². The Morgan fingerprint density at radius 3 is 2.73 bits per heavy atom. The van der Waals surface area contributed by atoms with Crippen molar-refractivity contribution in [2.45, 2.75) is 38.0 Å². The lowest BCUT2D eigenvalue weighted by Gasteiger charge is -2.16. The number of amides is 2. The Morgan fingerprint density at radius 1 is 1.36 bits per heavy atom. The summed E-state index contributed by atoms with van der Waals surface area (Å²) in [7, 11) is 0. The number of aliphatic hydroxyl groups excluding tert-OH is 1. The molecule has 6 heteroatoms. The van der Waals surface area contributed by atoms with Crippen molar-refractivity contribution in [3.05, 3.63) is 29.8 Å². The van der Waals surface area contributed by atoms with Crippen LogP contribution in [0.4, 0.5) is 5.69 Å². The van der Waals surface area contributed by atoms with Crippen LogP contribution >= 0.6 is 0 Å². The number of carbonyl (C=O) groups is 2. The Morgan fingerprint density at radius 2 is 2.14 bits per heavy atom. The molecule has 3 rings (SSSR count). The van der Waals surface area contributed by atoms with Gasteiger partial charge in [-0.1, -0.05) is 12.1 Å². The molecule has 0 aliphatic carbocycles. The predicted octanol–water partition coefficient (Wildman–Crippen LogP) is 0.152. The van der Waals surface area contributed by atoms with E-state index < -0.39 is 6.10 Å². The molecule has 0 unspecified atom stereocenters. The number of anilines is 1. The number of β-amino-alcohol motifs (C(OH)–C–C–N with tert-alkyl or cyclic N) is 1. The summed E-state index contributed by atoms with van der Waals surface area (Å²) in [6, 6.07) is 7.39. The van der Waals surface area contributed by atoms with Gasteiger partial charge in [0.15, 0.2) is 0 Å². The average Bonchev–Trinajstić information content (AvgIpc) is 3.14. The van der Waals surface area contributed by atoms with Gasteiger partial charge < -0.3 is 20.6 Å². The van der Waals surface area contributed by atoms with Gasteiger partial charge >= 0.3 is 0 Å². The molecule has 0 bridgehead atoms. The number of hydrogen-bond acceptors (Lipinski definition) is 4. The van der Waals surface area contributed by atoms with E-state index in [0.29, 0.717) is 25.9 Å². The van der Waals surface area contributed by atoms with Crippen LogP contribution in [0.1, 0.15) is 24.8 Å². The fraction of sp³-hybridized carbons (Fsp3) is 0.500. The highest BCUT2D eigenvalue weighted by Gasteiger charge is 2.27. The fourth-order valence-electron chi connectivity index (χ4n) is 2.94. The van der Waals surface area contributed by atoms with Crippen molar-refractivity contribution in [3.8, 4) is 0 Å². The van der Waals surface area contributed by atoms with Crippen molar-refractivity contribution in [1.29, 1.82) is 0 Å². The zero-order chi connectivity index (χ0) is 15.5. The lowest BCUT2D eigenvalue weighted by Crippen LogP contribution is -2.40. The smallest absolute Gasteiger partial charge is 0.237 e. The minimum absolute atomic E-state index is 0.0876. The van der Waals surface area contributed by atoms with E-state index in [1.165, 1.54) is 0 Å². The maximum atomic E-state index is 11.9. The topological polar surface area (TPSA) is 81.7 Å². The molecule has 118 valence electrons. The van der Waals surface area contributed by atoms with E-state index in [0.717, 1.165) is 24.2 Å². The molecular formula is C16H21N3O3. The number of hydrogen-bond donors (Lipinski definition) is 3. The Hall–Kier alpha value is -1.92. The van der Waals surface area contributed by atoms with E-state index in [-0.39, 0.29) is 17.9 Å². The third-order valence-corrected chi connectivity index (χ3v) is 4.21. The zero-order valence-electron chi connectivity index (χ0n) is 12.4. The molecule has 2 saturated heterocycles. The highest BCUT2D eigenvalue weighted by atomic mass is 16.3. The van der Waals surface area contributed by atoms with Gasteiger partial charge in [0.1, 0.15) is 0 Å². The molecule has 2 atom stereocenters. The maximum Gasteiger partial charge on any atom is 0.237 e. The summed E-state index contributed by atoms with van der Waals surface area (Å²) in [6.07, 6.45) is 1.56. The summed E-state index contributed by atoms with van der Waals surface area (Å²) in [4.78, 5) is 25.4. The molecule has 0 spiro atoms. The fourth-order valence-corrected chi connectivity index (χ4v) is 2.94. The van der Waals surface area contributed by atoms with E-state index in [1.54, 1.807) is 4.90 Å². The molecule has 2 amide bonds. The van der Waals surface area contributed by atoms with Crippen LogP contribution in [-0.4, -0.2) is 42.2 Å². The zero-order valence-corrected chi connectivity index (χ0v) is 12.4. The van der Waals surface area contributed by atoms with Crippen LogP contribution in [0, 0.1) is 0 Å². The van der Waals surface area contributed by atoms with Crippen LogP contribution < -0.4 is 15.5 Å². The number of rotatable bonds is 4. The number of carbonyl (C=O) groups excluding carboxylic acids is 2. The average molecular weight is 303 g/mol. The third kappa shape index (κ3) is 3.28. The van der Waals surface area contributed by atoms with Gasteiger partial charge in [-0.15, -0.1) is 0 Å². The van der Waals surface area contributed by atoms with Gasteiger partial charge in [0, 0.05) is 31.7 Å². The summed E-state index contributed by atoms with van der Waals surface area (Å²) in [6.45, 7) is 1.70. The normalized spacial score (nSPS) is 24.8. The summed E-state index contributed by atoms with van der Waals surface area (Å²) in [5.41, 5.74) is 1.90. The van der Waals surface area contributed by atoms with Gasteiger partial charge in [0.05, 0.1) is 12.1 Å². The summed E-state index contributed by atoms with van der Waals surface area (Å²) in [5, 5.41) is 15.3. The highest BCUT2D eigenvalue weighted by Crippen LogP contribution is 2.21. The quantitative estimate of drug-likeness (QED) is 0.740. The molecule has 0 aromatic heterocycles. The second-order valence-electron chi connectivity index (χ2n) is 5.88. The maximum absolute atomic E-state index is 11.9. The minimum atomic E-state index is -0.437. The molecule has 2 heterocycles. The van der Waals surface area contributed by atoms with Gasteiger partial charge in [-0.3, -0.25) is 9.59 Å². The Balaban J connectivity index is 1.53. The van der Waals surface area contributed by atoms with Crippen LogP contribution in [0.3, 0.4) is 0 Å². The Labute approximate surface area is 129 Å². The minimum Gasteiger partial charge on any atom is -0.392 e. The highest BCUT2D eigenvalue weighted by molar-refractivity contribution is 5.95. The van der Waals surface area contributed by atoms with Crippen LogP contribution in [0.15, 0.2) is 24.3 Å². The molecule has 1 aromatic rings. The first-order chi connectivity index (χ1) is 10.6. The molecule has 6 nitrogen and oxygen atoms in total. The Bertz CT molecular complexity index is 558. The van der Waals surface area contributed by atoms with Crippen molar-refractivity contribution in [2.24, 2.45) is 0 Å². The monoisotopic (exact) mass is 303 g/mol. The summed E-state index contributed by atoms with van der Waals surface area (Å²) in [5.74, 6) is 0.0854. The Kier molecular flexibility index (Phi) is 4.40. The van der Waals surface area contributed by atoms with Gasteiger partial charge in [0.25, 0.3) is 0 Å². The van der Waals surface area contributed by atoms with E-state index >= 15 is 0 Å². The van der Waals surface area contributed by atoms with Gasteiger partial charge in [-0.25, -0.2) is 0 Å². The largest absolute Gasteiger partial charge is 0.392 e. The van der Waals surface area contributed by atoms with E-state index in [2.05, 4.69) is 10.6 Å². The molecule has 3 N–H and O–H groups in total. The molecule has 2 aliphatic rings. The van der Waals surface area contributed by atoms with Crippen LogP contribution in [0.5, 0.6) is 0 Å². The third-order valence-electron chi connectivity index (χ3n) is 4.21. The number of aliphatic hydroxyl groups is 1. The summed E-state index contributed by atoms with van der Waals surface area (Å²) >= 11 is 0. The standard InChI is InChI=1S/C16H21N3O3/c20-13-8-14(17-10-13)16(22)18-9-11-3-5-12(6-4-11)19-7-1-2-15(19)21/h3-6,13-14,17,20H,1-2,7-10H2,(H,18,22)/t13-,14+/m0/s1. The molecule has 2 fully saturated rings. The SMILES string of the molecule is O=C(NCc1ccc(N2CCCC2=O)cc1)[C@H]1C[C@H](O)CN1. The van der Waals surface area contributed by atoms with Gasteiger partial charge in [-0.2, -0.15) is 0 Å². The molecule has 22 heavy (non-hydrogen) atoms. The van der Waals surface area contributed by atoms with Gasteiger partial charge in [0.2, 0.25) is 11.8 Å². The van der Waals surface area contributed by atoms with Crippen molar-refractivity contribution >= 4 is 17.5 Å². The molecule has 0 radical (unpaired) electrons. The molecule has 1 aromatic carbocycles. The second-order valence-corrected chi connectivity index (χ2v) is 5.88. The molecule has 0 saturated carbocycles. The number of benzene rings is 1. The first kappa shape index (κ1) is 15.0. The van der Waals surface area contributed by atoms with Crippen molar-refractivity contribution in [3.63, 3.8) is 0 Å². The van der Waals surface area contributed by atoms with Crippen LogP contribution in [0.2, 0.25) is 0 Å². The van der Waals surface area contributed by atoms with E-state index in [4.69, 9.17) is 0 Å². The summed E-state index contributed by atoms with van der Waals surface area (Å²) < 4.78 is 0. The number of nitrogens with one attached hydrogen (secondary N) is 2. The van der Waals surface area contributed by atoms with Crippen LogP contribution in [-0.2, 0) is 16.1 Å². The lowest BCUT2D eigenvalue weighted by molar-refractivity contribution is -0.123. The predicted molar refractivity (Wildman–Crippen MR) is 82.3 cm³/mol. The van der Waals surface area contributed by atoms with E-state index in [1.807, 2.05) is 24.3 Å². The van der Waals surface area contributed by atoms with Crippen LogP contribution in [0.25, 0.3) is 0 Å². The van der Waals surface area contributed by atoms with Crippen molar-refractivity contribution in [2.75, 3.05) is 18.0 Å². The molecular weight excluding hydrogens is 282 g/mol. The second kappa shape index (κ2) is 6.46.